The summed E-state index contributed by atoms with van der Waals surface area (Å²) >= 11 is 7.42. The Kier molecular flexibility index (Phi) is 5.52. The van der Waals surface area contributed by atoms with Crippen LogP contribution in [0, 0.1) is 5.82 Å². The molecule has 2 heterocycles. The van der Waals surface area contributed by atoms with Crippen molar-refractivity contribution < 1.29 is 18.7 Å². The first-order chi connectivity index (χ1) is 14.5. The maximum atomic E-state index is 14.2. The molecule has 0 radical (unpaired) electrons. The van der Waals surface area contributed by atoms with Gasteiger partial charge in [-0.05, 0) is 18.2 Å². The minimum Gasteiger partial charge on any atom is -0.454 e. The first kappa shape index (κ1) is 20.1. The summed E-state index contributed by atoms with van der Waals surface area (Å²) in [6, 6.07) is 13.2. The van der Waals surface area contributed by atoms with Crippen LogP contribution in [0.15, 0.2) is 53.9 Å². The number of hydrogen-bond donors (Lipinski definition) is 1. The molecule has 0 fully saturated rings. The van der Waals surface area contributed by atoms with Crippen molar-refractivity contribution in [2.45, 2.75) is 13.5 Å². The van der Waals surface area contributed by atoms with Crippen LogP contribution >= 0.6 is 22.9 Å². The first-order valence-electron chi connectivity index (χ1n) is 8.88. The fraction of sp³-hybridized carbons (Fsp3) is 0.0952. The van der Waals surface area contributed by atoms with E-state index in [0.717, 1.165) is 22.2 Å². The number of aromatic amines is 1. The number of amides is 1. The number of ether oxygens (including phenoxy) is 1. The number of anilines is 2. The number of thiazole rings is 1. The van der Waals surface area contributed by atoms with E-state index < -0.39 is 11.8 Å². The molecule has 2 aromatic carbocycles. The number of fused-ring (bicyclic) bond motifs is 1. The van der Waals surface area contributed by atoms with E-state index in [0.29, 0.717) is 5.69 Å². The molecule has 0 aliphatic carbocycles. The number of carbonyl (C=O) groups is 2. The molecule has 0 saturated heterocycles. The normalized spacial score (nSPS) is 10.9. The van der Waals surface area contributed by atoms with Gasteiger partial charge in [-0.15, -0.1) is 11.3 Å². The van der Waals surface area contributed by atoms with Crippen LogP contribution in [-0.2, 0) is 16.1 Å². The van der Waals surface area contributed by atoms with Crippen molar-refractivity contribution in [2.24, 2.45) is 0 Å². The van der Waals surface area contributed by atoms with Crippen LogP contribution in [0.25, 0.3) is 10.9 Å². The number of nitrogens with one attached hydrogen (secondary N) is 1. The van der Waals surface area contributed by atoms with E-state index in [9.17, 15) is 14.0 Å². The van der Waals surface area contributed by atoms with Crippen LogP contribution in [0.5, 0.6) is 0 Å². The average Bonchev–Trinajstić information content (AvgIpc) is 3.33. The predicted octanol–water partition coefficient (Wildman–Crippen LogP) is 5.46. The lowest BCUT2D eigenvalue weighted by atomic mass is 10.2. The number of aromatic nitrogens is 2. The summed E-state index contributed by atoms with van der Waals surface area (Å²) in [7, 11) is 0. The highest BCUT2D eigenvalue weighted by molar-refractivity contribution is 7.14. The molecule has 0 aliphatic rings. The number of H-pyrrole nitrogens is 1. The lowest BCUT2D eigenvalue weighted by Crippen LogP contribution is -2.23. The number of nitrogens with zero attached hydrogens (tertiary/aromatic N) is 2. The van der Waals surface area contributed by atoms with Gasteiger partial charge >= 0.3 is 5.97 Å². The smallest absolute Gasteiger partial charge is 0.356 e. The van der Waals surface area contributed by atoms with Gasteiger partial charge in [0, 0.05) is 23.2 Å². The second kappa shape index (κ2) is 8.25. The van der Waals surface area contributed by atoms with E-state index in [1.165, 1.54) is 24.0 Å². The fourth-order valence-corrected chi connectivity index (χ4v) is 4.12. The molecule has 6 nitrogen and oxygen atoms in total. The van der Waals surface area contributed by atoms with Gasteiger partial charge in [-0.1, -0.05) is 41.9 Å². The van der Waals surface area contributed by atoms with E-state index in [4.69, 9.17) is 16.3 Å². The van der Waals surface area contributed by atoms with E-state index in [2.05, 4.69) is 9.97 Å². The number of rotatable bonds is 5. The minimum atomic E-state index is -0.622. The molecule has 0 bridgehead atoms. The standard InChI is InChI=1S/C21H15ClFN3O3S/c1-12(27)26(17-9-5-3-7-15(17)23)21-24-13(11-30-21)10-29-20(28)19-18(22)14-6-2-4-8-16(14)25-19/h2-9,11,25H,10H2,1H3. The third-order valence-electron chi connectivity index (χ3n) is 4.34. The second-order valence-corrected chi connectivity index (χ2v) is 7.58. The van der Waals surface area contributed by atoms with Crippen molar-refractivity contribution in [3.8, 4) is 0 Å². The molecule has 4 rings (SSSR count). The summed E-state index contributed by atoms with van der Waals surface area (Å²) in [4.78, 5) is 33.0. The lowest BCUT2D eigenvalue weighted by Gasteiger charge is -2.18. The van der Waals surface area contributed by atoms with Crippen LogP contribution in [0.2, 0.25) is 5.02 Å². The molecule has 1 amide bonds. The van der Waals surface area contributed by atoms with Gasteiger partial charge in [0.2, 0.25) is 5.91 Å². The van der Waals surface area contributed by atoms with Gasteiger partial charge in [0.15, 0.2) is 5.13 Å². The predicted molar refractivity (Wildman–Crippen MR) is 114 cm³/mol. The number of para-hydroxylation sites is 2. The topological polar surface area (TPSA) is 75.3 Å². The lowest BCUT2D eigenvalue weighted by molar-refractivity contribution is -0.115. The van der Waals surface area contributed by atoms with Gasteiger partial charge < -0.3 is 9.72 Å². The molecule has 0 atom stereocenters. The summed E-state index contributed by atoms with van der Waals surface area (Å²) in [5, 5.41) is 2.94. The van der Waals surface area contributed by atoms with E-state index in [1.54, 1.807) is 23.6 Å². The number of esters is 1. The van der Waals surface area contributed by atoms with Gasteiger partial charge in [-0.3, -0.25) is 9.69 Å². The Balaban J connectivity index is 1.51. The molecule has 152 valence electrons. The van der Waals surface area contributed by atoms with Crippen molar-refractivity contribution in [3.05, 3.63) is 76.1 Å². The van der Waals surface area contributed by atoms with Crippen LogP contribution in [0.3, 0.4) is 0 Å². The highest BCUT2D eigenvalue weighted by atomic mass is 35.5. The van der Waals surface area contributed by atoms with Crippen LogP contribution < -0.4 is 4.90 Å². The van der Waals surface area contributed by atoms with Gasteiger partial charge in [0.05, 0.1) is 16.4 Å². The Morgan fingerprint density at radius 3 is 2.67 bits per heavy atom. The molecule has 2 aromatic heterocycles. The van der Waals surface area contributed by atoms with E-state index in [1.807, 2.05) is 18.2 Å². The second-order valence-electron chi connectivity index (χ2n) is 6.36. The Morgan fingerprint density at radius 2 is 1.93 bits per heavy atom. The van der Waals surface area contributed by atoms with Crippen molar-refractivity contribution in [1.29, 1.82) is 0 Å². The Hall–Kier alpha value is -3.23. The maximum Gasteiger partial charge on any atom is 0.356 e. The zero-order valence-corrected chi connectivity index (χ0v) is 17.3. The Morgan fingerprint density at radius 1 is 1.20 bits per heavy atom. The summed E-state index contributed by atoms with van der Waals surface area (Å²) in [6.45, 7) is 1.20. The minimum absolute atomic E-state index is 0.104. The molecule has 0 unspecified atom stereocenters. The van der Waals surface area contributed by atoms with Crippen LogP contribution in [0.4, 0.5) is 15.2 Å². The first-order valence-corrected chi connectivity index (χ1v) is 10.1. The summed E-state index contributed by atoms with van der Waals surface area (Å²) in [6.07, 6.45) is 0. The molecule has 30 heavy (non-hydrogen) atoms. The third kappa shape index (κ3) is 3.79. The molecule has 4 aromatic rings. The fourth-order valence-electron chi connectivity index (χ4n) is 2.97. The van der Waals surface area contributed by atoms with E-state index in [-0.39, 0.29) is 34.0 Å². The number of halogens is 2. The van der Waals surface area contributed by atoms with Gasteiger partial charge in [-0.25, -0.2) is 14.2 Å². The summed E-state index contributed by atoms with van der Waals surface area (Å²) < 4.78 is 19.5. The quantitative estimate of drug-likeness (QED) is 0.416. The van der Waals surface area contributed by atoms with Crippen molar-refractivity contribution in [3.63, 3.8) is 0 Å². The zero-order chi connectivity index (χ0) is 21.3. The Bertz CT molecular complexity index is 1250. The van der Waals surface area contributed by atoms with Crippen LogP contribution in [-0.4, -0.2) is 21.8 Å². The van der Waals surface area contributed by atoms with Gasteiger partial charge in [0.25, 0.3) is 0 Å². The average molecular weight is 444 g/mol. The molecule has 0 spiro atoms. The Labute approximate surface area is 179 Å². The van der Waals surface area contributed by atoms with Gasteiger partial charge in [-0.2, -0.15) is 0 Å². The maximum absolute atomic E-state index is 14.2. The monoisotopic (exact) mass is 443 g/mol. The molecule has 0 aliphatic heterocycles. The largest absolute Gasteiger partial charge is 0.454 e. The van der Waals surface area contributed by atoms with Gasteiger partial charge in [0.1, 0.15) is 18.1 Å². The van der Waals surface area contributed by atoms with E-state index >= 15 is 0 Å². The number of benzene rings is 2. The van der Waals surface area contributed by atoms with Crippen molar-refractivity contribution >= 4 is 56.5 Å². The molecular formula is C21H15ClFN3O3S. The molecular weight excluding hydrogens is 429 g/mol. The molecule has 0 saturated carbocycles. The SMILES string of the molecule is CC(=O)N(c1nc(COC(=O)c2[nH]c3ccccc3c2Cl)cs1)c1ccccc1F. The number of hydrogen-bond acceptors (Lipinski definition) is 5. The number of carbonyl (C=O) groups excluding carboxylic acids is 2. The summed E-state index contributed by atoms with van der Waals surface area (Å²) in [5.41, 5.74) is 1.42. The molecule has 1 N–H and O–H groups in total. The van der Waals surface area contributed by atoms with Crippen molar-refractivity contribution in [2.75, 3.05) is 4.90 Å². The highest BCUT2D eigenvalue weighted by Crippen LogP contribution is 2.31. The van der Waals surface area contributed by atoms with Crippen LogP contribution in [0.1, 0.15) is 23.1 Å². The summed E-state index contributed by atoms with van der Waals surface area (Å²) in [5.74, 6) is -1.55. The highest BCUT2D eigenvalue weighted by Gasteiger charge is 2.22. The third-order valence-corrected chi connectivity index (χ3v) is 5.60. The zero-order valence-electron chi connectivity index (χ0n) is 15.7. The molecule has 9 heteroatoms. The van der Waals surface area contributed by atoms with Crippen molar-refractivity contribution in [1.82, 2.24) is 9.97 Å².